The molecule has 0 spiro atoms. The van der Waals surface area contributed by atoms with E-state index in [4.69, 9.17) is 11.6 Å². The van der Waals surface area contributed by atoms with E-state index in [2.05, 4.69) is 5.32 Å². The molecule has 4 amide bonds. The Morgan fingerprint density at radius 1 is 1.15 bits per heavy atom. The van der Waals surface area contributed by atoms with E-state index in [9.17, 15) is 19.2 Å². The predicted octanol–water partition coefficient (Wildman–Crippen LogP) is 4.18. The van der Waals surface area contributed by atoms with Gasteiger partial charge in [0.05, 0.1) is 6.54 Å². The molecule has 182 valence electrons. The molecule has 0 fully saturated rings. The Morgan fingerprint density at radius 3 is 2.59 bits per heavy atom. The lowest BCUT2D eigenvalue weighted by Crippen LogP contribution is -2.56. The number of nitrogens with one attached hydrogen (secondary N) is 1. The first-order valence-electron chi connectivity index (χ1n) is 11.4. The molecular formula is C25H31ClN3O4S+. The lowest BCUT2D eigenvalue weighted by molar-refractivity contribution is -0.427. The molecule has 9 heteroatoms. The molecule has 1 N–H and O–H groups in total. The number of imide groups is 1. The number of carbonyl (C=O) groups excluding carboxylic acids is 4. The van der Waals surface area contributed by atoms with Gasteiger partial charge in [0.15, 0.2) is 17.6 Å². The normalized spacial score (nSPS) is 17.9. The van der Waals surface area contributed by atoms with Gasteiger partial charge in [0.25, 0.3) is 0 Å². The highest BCUT2D eigenvalue weighted by molar-refractivity contribution is 8.04. The van der Waals surface area contributed by atoms with Gasteiger partial charge in [-0.15, -0.1) is 11.8 Å². The SMILES string of the molecule is CC(C)(C)C(=O)C[N+]1=C2C=CSC2C(=O)N(CCCCCC(=O)NCc2ccccc2Cl)C1=O. The first-order valence-corrected chi connectivity index (χ1v) is 12.8. The van der Waals surface area contributed by atoms with Crippen molar-refractivity contribution in [2.75, 3.05) is 13.1 Å². The van der Waals surface area contributed by atoms with Gasteiger partial charge in [0, 0.05) is 23.4 Å². The van der Waals surface area contributed by atoms with Crippen molar-refractivity contribution in [2.45, 2.75) is 58.2 Å². The largest absolute Gasteiger partial charge is 0.501 e. The quantitative estimate of drug-likeness (QED) is 0.381. The summed E-state index contributed by atoms with van der Waals surface area (Å²) < 4.78 is 1.44. The first kappa shape index (κ1) is 26.2. The number of allylic oxidation sites excluding steroid dienone is 1. The number of hydrogen-bond donors (Lipinski definition) is 1. The summed E-state index contributed by atoms with van der Waals surface area (Å²) in [6.45, 7) is 6.05. The fraction of sp³-hybridized carbons (Fsp3) is 0.480. The fourth-order valence-corrected chi connectivity index (χ4v) is 4.82. The van der Waals surface area contributed by atoms with Gasteiger partial charge in [0.1, 0.15) is 5.71 Å². The maximum Gasteiger partial charge on any atom is 0.501 e. The van der Waals surface area contributed by atoms with Crippen molar-refractivity contribution in [3.63, 3.8) is 0 Å². The molecule has 34 heavy (non-hydrogen) atoms. The van der Waals surface area contributed by atoms with Gasteiger partial charge >= 0.3 is 11.9 Å². The monoisotopic (exact) mass is 504 g/mol. The van der Waals surface area contributed by atoms with Crippen LogP contribution in [0.1, 0.15) is 52.0 Å². The summed E-state index contributed by atoms with van der Waals surface area (Å²) >= 11 is 7.46. The lowest BCUT2D eigenvalue weighted by atomic mass is 9.90. The number of ketones is 1. The number of rotatable bonds is 10. The van der Waals surface area contributed by atoms with E-state index >= 15 is 0 Å². The molecular weight excluding hydrogens is 474 g/mol. The highest BCUT2D eigenvalue weighted by Gasteiger charge is 2.49. The van der Waals surface area contributed by atoms with Crippen LogP contribution in [0.4, 0.5) is 4.79 Å². The number of urea groups is 1. The zero-order chi connectivity index (χ0) is 24.9. The highest BCUT2D eigenvalue weighted by Crippen LogP contribution is 2.28. The third-order valence-corrected chi connectivity index (χ3v) is 7.22. The molecule has 0 bridgehead atoms. The Kier molecular flexibility index (Phi) is 8.71. The number of unbranched alkanes of at least 4 members (excludes halogenated alkanes) is 2. The van der Waals surface area contributed by atoms with Crippen LogP contribution < -0.4 is 5.32 Å². The maximum absolute atomic E-state index is 13.1. The lowest BCUT2D eigenvalue weighted by Gasteiger charge is -2.25. The molecule has 3 rings (SSSR count). The van der Waals surface area contributed by atoms with Gasteiger partial charge in [-0.3, -0.25) is 9.59 Å². The van der Waals surface area contributed by atoms with E-state index in [1.807, 2.05) is 39.0 Å². The van der Waals surface area contributed by atoms with E-state index < -0.39 is 16.7 Å². The van der Waals surface area contributed by atoms with Crippen LogP contribution in [0.3, 0.4) is 0 Å². The number of Topliss-reactive ketones (excluding diaryl/α,β-unsaturated/α-hetero) is 1. The van der Waals surface area contributed by atoms with E-state index in [1.54, 1.807) is 17.6 Å². The summed E-state index contributed by atoms with van der Waals surface area (Å²) in [6.07, 6.45) is 4.05. The van der Waals surface area contributed by atoms with Crippen LogP contribution in [-0.2, 0) is 20.9 Å². The van der Waals surface area contributed by atoms with Gasteiger partial charge in [-0.1, -0.05) is 50.6 Å². The van der Waals surface area contributed by atoms with E-state index in [0.29, 0.717) is 43.0 Å². The minimum Gasteiger partial charge on any atom is -0.352 e. The molecule has 0 saturated heterocycles. The minimum atomic E-state index is -0.579. The smallest absolute Gasteiger partial charge is 0.352 e. The molecule has 7 nitrogen and oxygen atoms in total. The number of amides is 4. The molecule has 2 aliphatic heterocycles. The van der Waals surface area contributed by atoms with Crippen LogP contribution in [0.5, 0.6) is 0 Å². The van der Waals surface area contributed by atoms with Crippen LogP contribution in [0.15, 0.2) is 35.7 Å². The number of nitrogens with zero attached hydrogens (tertiary/aromatic N) is 2. The number of fused-ring (bicyclic) bond motifs is 1. The van der Waals surface area contributed by atoms with Crippen LogP contribution in [0, 0.1) is 5.41 Å². The molecule has 0 aromatic heterocycles. The zero-order valence-electron chi connectivity index (χ0n) is 19.8. The van der Waals surface area contributed by atoms with Crippen molar-refractivity contribution in [1.29, 1.82) is 0 Å². The highest BCUT2D eigenvalue weighted by atomic mass is 35.5. The van der Waals surface area contributed by atoms with Crippen molar-refractivity contribution in [3.8, 4) is 0 Å². The van der Waals surface area contributed by atoms with Gasteiger partial charge in [-0.25, -0.2) is 4.79 Å². The van der Waals surface area contributed by atoms with Crippen molar-refractivity contribution in [2.24, 2.45) is 5.41 Å². The van der Waals surface area contributed by atoms with Crippen LogP contribution in [0.2, 0.25) is 5.02 Å². The second kappa shape index (κ2) is 11.3. The fourth-order valence-electron chi connectivity index (χ4n) is 3.65. The Morgan fingerprint density at radius 2 is 1.88 bits per heavy atom. The summed E-state index contributed by atoms with van der Waals surface area (Å²) in [5, 5.41) is 4.79. The average Bonchev–Trinajstić information content (AvgIpc) is 3.27. The van der Waals surface area contributed by atoms with Gasteiger partial charge < -0.3 is 5.32 Å². The number of hydrogen-bond acceptors (Lipinski definition) is 5. The molecule has 2 heterocycles. The minimum absolute atomic E-state index is 0.0472. The van der Waals surface area contributed by atoms with Gasteiger partial charge in [-0.05, 0) is 42.4 Å². The summed E-state index contributed by atoms with van der Waals surface area (Å²) in [5.74, 6) is -0.369. The summed E-state index contributed by atoms with van der Waals surface area (Å²) in [6, 6.07) is 6.92. The van der Waals surface area contributed by atoms with Gasteiger partial charge in [0.2, 0.25) is 5.91 Å². The standard InChI is InChI=1S/C25H30ClN3O4S/c1-25(2,3)20(30)16-29-19-12-14-34-22(19)23(32)28(24(29)33)13-8-4-5-11-21(31)27-15-17-9-6-7-10-18(17)26/h6-7,9-10,12,14,22H,4-5,8,11,13,15-16H2,1-3H3/p+1. The topological polar surface area (TPSA) is 86.6 Å². The molecule has 1 aromatic carbocycles. The van der Waals surface area contributed by atoms with Crippen molar-refractivity contribution in [3.05, 3.63) is 46.3 Å². The van der Waals surface area contributed by atoms with E-state index in [1.165, 1.54) is 21.2 Å². The number of halogens is 1. The Labute approximate surface area is 209 Å². The van der Waals surface area contributed by atoms with Gasteiger partial charge in [-0.2, -0.15) is 14.3 Å². The van der Waals surface area contributed by atoms with Crippen molar-refractivity contribution >= 4 is 52.7 Å². The van der Waals surface area contributed by atoms with E-state index in [-0.39, 0.29) is 30.7 Å². The number of thioether (sulfide) groups is 1. The second-order valence-electron chi connectivity index (χ2n) is 9.45. The van der Waals surface area contributed by atoms with Crippen molar-refractivity contribution in [1.82, 2.24) is 10.2 Å². The molecule has 1 aromatic rings. The van der Waals surface area contributed by atoms with Crippen molar-refractivity contribution < 1.29 is 23.8 Å². The molecule has 1 atom stereocenters. The van der Waals surface area contributed by atoms with E-state index in [0.717, 1.165) is 5.56 Å². The summed E-state index contributed by atoms with van der Waals surface area (Å²) in [7, 11) is 0. The number of carbonyl (C=O) groups is 4. The number of benzene rings is 1. The third kappa shape index (κ3) is 6.36. The maximum atomic E-state index is 13.1. The zero-order valence-corrected chi connectivity index (χ0v) is 21.4. The molecule has 0 aliphatic carbocycles. The predicted molar refractivity (Wildman–Crippen MR) is 134 cm³/mol. The molecule has 0 saturated carbocycles. The Balaban J connectivity index is 1.48. The second-order valence-corrected chi connectivity index (χ2v) is 10.9. The van der Waals surface area contributed by atoms with Crippen LogP contribution >= 0.6 is 23.4 Å². The molecule has 2 aliphatic rings. The average molecular weight is 505 g/mol. The summed E-state index contributed by atoms with van der Waals surface area (Å²) in [5.41, 5.74) is 0.874. The summed E-state index contributed by atoms with van der Waals surface area (Å²) in [4.78, 5) is 52.0. The third-order valence-electron chi connectivity index (χ3n) is 5.84. The van der Waals surface area contributed by atoms with Crippen LogP contribution in [-0.4, -0.2) is 57.2 Å². The van der Waals surface area contributed by atoms with Crippen LogP contribution in [0.25, 0.3) is 0 Å². The molecule has 0 radical (unpaired) electrons. The first-order chi connectivity index (χ1) is 16.1. The Hall–Kier alpha value is -2.45. The molecule has 1 unspecified atom stereocenters. The Bertz CT molecular complexity index is 1040.